The van der Waals surface area contributed by atoms with Crippen molar-refractivity contribution in [2.75, 3.05) is 6.61 Å². The SMILES string of the molecule is CC(C)(C)[Si](OCc1cc(Br)c2c(c1)CCO2)(c1ccccc1)c1ccccc1. The van der Waals surface area contributed by atoms with Crippen molar-refractivity contribution in [2.45, 2.75) is 38.8 Å². The van der Waals surface area contributed by atoms with Crippen LogP contribution in [0.1, 0.15) is 31.9 Å². The third kappa shape index (κ3) is 3.81. The van der Waals surface area contributed by atoms with Crippen LogP contribution in [0.2, 0.25) is 5.04 Å². The highest BCUT2D eigenvalue weighted by molar-refractivity contribution is 9.10. The summed E-state index contributed by atoms with van der Waals surface area (Å²) in [4.78, 5) is 0. The van der Waals surface area contributed by atoms with Crippen LogP contribution in [0.3, 0.4) is 0 Å². The van der Waals surface area contributed by atoms with Gasteiger partial charge in [-0.1, -0.05) is 81.4 Å². The third-order valence-corrected chi connectivity index (χ3v) is 11.2. The van der Waals surface area contributed by atoms with E-state index in [9.17, 15) is 0 Å². The van der Waals surface area contributed by atoms with Gasteiger partial charge < -0.3 is 9.16 Å². The van der Waals surface area contributed by atoms with E-state index in [1.807, 2.05) is 0 Å². The summed E-state index contributed by atoms with van der Waals surface area (Å²) in [5.74, 6) is 0.985. The molecular formula is C25H27BrO2Si. The van der Waals surface area contributed by atoms with Crippen LogP contribution >= 0.6 is 15.9 Å². The molecule has 0 aliphatic carbocycles. The molecule has 2 nitrogen and oxygen atoms in total. The molecule has 0 amide bonds. The second-order valence-electron chi connectivity index (χ2n) is 8.62. The fourth-order valence-electron chi connectivity index (χ4n) is 4.36. The Kier molecular flexibility index (Phi) is 5.69. The standard InChI is InChI=1S/C25H27BrO2Si/c1-25(2,3)29(21-10-6-4-7-11-21,22-12-8-5-9-13-22)28-18-19-16-20-14-15-27-24(20)23(26)17-19/h4-13,16-17H,14-15,18H2,1-3H3. The highest BCUT2D eigenvalue weighted by Crippen LogP contribution is 2.39. The first-order valence-corrected chi connectivity index (χ1v) is 12.8. The van der Waals surface area contributed by atoms with E-state index in [1.165, 1.54) is 21.5 Å². The maximum atomic E-state index is 7.04. The number of ether oxygens (including phenoxy) is 1. The van der Waals surface area contributed by atoms with Gasteiger partial charge in [-0.3, -0.25) is 0 Å². The molecular weight excluding hydrogens is 440 g/mol. The Bertz CT molecular complexity index is 941. The minimum atomic E-state index is -2.52. The van der Waals surface area contributed by atoms with E-state index >= 15 is 0 Å². The normalized spacial score (nSPS) is 13.8. The average molecular weight is 467 g/mol. The Morgan fingerprint density at radius 2 is 1.52 bits per heavy atom. The van der Waals surface area contributed by atoms with Crippen LogP contribution in [0.25, 0.3) is 0 Å². The van der Waals surface area contributed by atoms with Gasteiger partial charge in [0.05, 0.1) is 17.7 Å². The summed E-state index contributed by atoms with van der Waals surface area (Å²) in [6.45, 7) is 8.27. The lowest BCUT2D eigenvalue weighted by Crippen LogP contribution is -2.66. The van der Waals surface area contributed by atoms with E-state index in [1.54, 1.807) is 0 Å². The van der Waals surface area contributed by atoms with Crippen LogP contribution in [0, 0.1) is 0 Å². The summed E-state index contributed by atoms with van der Waals surface area (Å²) in [6.07, 6.45) is 0.959. The van der Waals surface area contributed by atoms with Crippen LogP contribution < -0.4 is 15.1 Å². The van der Waals surface area contributed by atoms with Gasteiger partial charge in [0.2, 0.25) is 0 Å². The average Bonchev–Trinajstić information content (AvgIpc) is 3.18. The van der Waals surface area contributed by atoms with Gasteiger partial charge in [-0.15, -0.1) is 0 Å². The van der Waals surface area contributed by atoms with Gasteiger partial charge in [-0.25, -0.2) is 0 Å². The number of hydrogen-bond acceptors (Lipinski definition) is 2. The van der Waals surface area contributed by atoms with Gasteiger partial charge >= 0.3 is 0 Å². The Hall–Kier alpha value is -1.88. The monoisotopic (exact) mass is 466 g/mol. The van der Waals surface area contributed by atoms with E-state index in [4.69, 9.17) is 9.16 Å². The highest BCUT2D eigenvalue weighted by atomic mass is 79.9. The predicted octanol–water partition coefficient (Wildman–Crippen LogP) is 5.46. The molecule has 0 radical (unpaired) electrons. The lowest BCUT2D eigenvalue weighted by Gasteiger charge is -2.43. The number of halogens is 1. The molecule has 3 aromatic carbocycles. The molecule has 0 atom stereocenters. The Morgan fingerprint density at radius 1 is 0.931 bits per heavy atom. The zero-order valence-corrected chi connectivity index (χ0v) is 19.8. The van der Waals surface area contributed by atoms with E-state index in [2.05, 4.69) is 109 Å². The molecule has 4 rings (SSSR count). The molecule has 1 heterocycles. The minimum absolute atomic E-state index is 0.0211. The minimum Gasteiger partial charge on any atom is -0.492 e. The molecule has 150 valence electrons. The predicted molar refractivity (Wildman–Crippen MR) is 126 cm³/mol. The summed E-state index contributed by atoms with van der Waals surface area (Å²) >= 11 is 3.68. The lowest BCUT2D eigenvalue weighted by molar-refractivity contribution is 0.286. The second kappa shape index (κ2) is 8.09. The fraction of sp³-hybridized carbons (Fsp3) is 0.280. The summed E-state index contributed by atoms with van der Waals surface area (Å²) in [6, 6.07) is 26.0. The van der Waals surface area contributed by atoms with E-state index < -0.39 is 8.32 Å². The number of rotatable bonds is 5. The first kappa shape index (κ1) is 20.4. The number of fused-ring (bicyclic) bond motifs is 1. The number of benzene rings is 3. The van der Waals surface area contributed by atoms with Gasteiger partial charge in [-0.2, -0.15) is 0 Å². The van der Waals surface area contributed by atoms with Crippen molar-refractivity contribution >= 4 is 34.6 Å². The molecule has 0 N–H and O–H groups in total. The first-order valence-electron chi connectivity index (χ1n) is 10.1. The van der Waals surface area contributed by atoms with Crippen LogP contribution in [0.4, 0.5) is 0 Å². The van der Waals surface area contributed by atoms with E-state index in [0.29, 0.717) is 6.61 Å². The van der Waals surface area contributed by atoms with Crippen molar-refractivity contribution in [1.82, 2.24) is 0 Å². The zero-order chi connectivity index (χ0) is 20.5. The second-order valence-corrected chi connectivity index (χ2v) is 13.8. The summed E-state index contributed by atoms with van der Waals surface area (Å²) in [5, 5.41) is 2.59. The quantitative estimate of drug-likeness (QED) is 0.464. The molecule has 0 saturated heterocycles. The molecule has 0 spiro atoms. The van der Waals surface area contributed by atoms with Crippen molar-refractivity contribution in [3.05, 3.63) is 88.4 Å². The van der Waals surface area contributed by atoms with Crippen LogP contribution in [-0.2, 0) is 17.5 Å². The van der Waals surface area contributed by atoms with Crippen LogP contribution in [-0.4, -0.2) is 14.9 Å². The molecule has 3 aromatic rings. The van der Waals surface area contributed by atoms with E-state index in [0.717, 1.165) is 23.2 Å². The molecule has 29 heavy (non-hydrogen) atoms. The fourth-order valence-corrected chi connectivity index (χ4v) is 9.56. The molecule has 0 saturated carbocycles. The molecule has 0 fully saturated rings. The van der Waals surface area contributed by atoms with Crippen molar-refractivity contribution in [1.29, 1.82) is 0 Å². The van der Waals surface area contributed by atoms with Gasteiger partial charge in [0.1, 0.15) is 5.75 Å². The van der Waals surface area contributed by atoms with Crippen LogP contribution in [0.5, 0.6) is 5.75 Å². The van der Waals surface area contributed by atoms with Gasteiger partial charge in [0, 0.05) is 6.42 Å². The first-order chi connectivity index (χ1) is 13.9. The lowest BCUT2D eigenvalue weighted by atomic mass is 10.1. The summed E-state index contributed by atoms with van der Waals surface area (Å²) in [5.41, 5.74) is 2.45. The van der Waals surface area contributed by atoms with Crippen molar-refractivity contribution in [3.63, 3.8) is 0 Å². The van der Waals surface area contributed by atoms with Crippen LogP contribution in [0.15, 0.2) is 77.3 Å². The molecule has 0 aromatic heterocycles. The van der Waals surface area contributed by atoms with Gasteiger partial charge in [-0.05, 0) is 54.6 Å². The third-order valence-electron chi connectivity index (χ3n) is 5.67. The largest absolute Gasteiger partial charge is 0.492 e. The topological polar surface area (TPSA) is 18.5 Å². The van der Waals surface area contributed by atoms with E-state index in [-0.39, 0.29) is 5.04 Å². The van der Waals surface area contributed by atoms with Crippen molar-refractivity contribution < 1.29 is 9.16 Å². The Labute approximate surface area is 183 Å². The Morgan fingerprint density at radius 3 is 2.07 bits per heavy atom. The summed E-state index contributed by atoms with van der Waals surface area (Å²) in [7, 11) is -2.52. The maximum Gasteiger partial charge on any atom is 0.261 e. The van der Waals surface area contributed by atoms with Gasteiger partial charge in [0.15, 0.2) is 0 Å². The molecule has 0 bridgehead atoms. The van der Waals surface area contributed by atoms with Crippen molar-refractivity contribution in [2.24, 2.45) is 0 Å². The van der Waals surface area contributed by atoms with Crippen molar-refractivity contribution in [3.8, 4) is 5.75 Å². The molecule has 4 heteroatoms. The smallest absolute Gasteiger partial charge is 0.261 e. The molecule has 1 aliphatic rings. The molecule has 0 unspecified atom stereocenters. The molecule has 1 aliphatic heterocycles. The Balaban J connectivity index is 1.78. The number of hydrogen-bond donors (Lipinski definition) is 0. The summed E-state index contributed by atoms with van der Waals surface area (Å²) < 4.78 is 13.8. The zero-order valence-electron chi connectivity index (χ0n) is 17.2. The maximum absolute atomic E-state index is 7.04. The van der Waals surface area contributed by atoms with Gasteiger partial charge in [0.25, 0.3) is 8.32 Å². The highest BCUT2D eigenvalue weighted by Gasteiger charge is 2.50.